The third-order valence-corrected chi connectivity index (χ3v) is 3.42. The standard InChI is InChI=1S/C15H13Cl2N3O4/c1-9(15(23)19-14-11(17)6-10(16)7-18-14)24-13(22)8-20-5-3-2-4-12(20)21/h2-7,9H,8H2,1H3,(H,18,19,23)/t9-/m1/s1. The summed E-state index contributed by atoms with van der Waals surface area (Å²) in [4.78, 5) is 39.2. The molecule has 2 heterocycles. The Bertz CT molecular complexity index is 822. The van der Waals surface area contributed by atoms with Crippen LogP contribution < -0.4 is 10.9 Å². The highest BCUT2D eigenvalue weighted by molar-refractivity contribution is 6.36. The molecule has 0 aliphatic heterocycles. The summed E-state index contributed by atoms with van der Waals surface area (Å²) in [5.74, 6) is -1.23. The van der Waals surface area contributed by atoms with Gasteiger partial charge in [-0.3, -0.25) is 14.4 Å². The van der Waals surface area contributed by atoms with Crippen LogP contribution in [-0.2, 0) is 20.9 Å². The first-order valence-corrected chi connectivity index (χ1v) is 7.59. The highest BCUT2D eigenvalue weighted by Gasteiger charge is 2.19. The molecule has 0 aliphatic rings. The lowest BCUT2D eigenvalue weighted by Gasteiger charge is -2.14. The molecule has 24 heavy (non-hydrogen) atoms. The molecule has 0 aliphatic carbocycles. The van der Waals surface area contributed by atoms with E-state index in [1.807, 2.05) is 0 Å². The van der Waals surface area contributed by atoms with Crippen LogP contribution in [0.3, 0.4) is 0 Å². The quantitative estimate of drug-likeness (QED) is 0.815. The highest BCUT2D eigenvalue weighted by atomic mass is 35.5. The van der Waals surface area contributed by atoms with Gasteiger partial charge in [0.15, 0.2) is 11.9 Å². The number of amides is 1. The number of hydrogen-bond acceptors (Lipinski definition) is 5. The number of rotatable bonds is 5. The fraction of sp³-hybridized carbons (Fsp3) is 0.200. The fourth-order valence-corrected chi connectivity index (χ4v) is 2.17. The Morgan fingerprint density at radius 2 is 2.12 bits per heavy atom. The molecule has 126 valence electrons. The maximum atomic E-state index is 12.0. The lowest BCUT2D eigenvalue weighted by atomic mass is 10.3. The molecule has 1 atom stereocenters. The number of nitrogens with zero attached hydrogens (tertiary/aromatic N) is 2. The first kappa shape index (κ1) is 18.0. The molecule has 1 amide bonds. The summed E-state index contributed by atoms with van der Waals surface area (Å²) in [6, 6.07) is 5.91. The molecule has 0 saturated heterocycles. The van der Waals surface area contributed by atoms with Gasteiger partial charge in [-0.05, 0) is 19.1 Å². The number of halogens is 2. The van der Waals surface area contributed by atoms with Crippen molar-refractivity contribution in [2.75, 3.05) is 5.32 Å². The van der Waals surface area contributed by atoms with Crippen LogP contribution in [0.1, 0.15) is 6.92 Å². The second-order valence-electron chi connectivity index (χ2n) is 4.77. The molecule has 2 aromatic heterocycles. The topological polar surface area (TPSA) is 90.3 Å². The molecule has 0 fully saturated rings. The average Bonchev–Trinajstić information content (AvgIpc) is 2.52. The molecule has 2 aromatic rings. The minimum Gasteiger partial charge on any atom is -0.451 e. The van der Waals surface area contributed by atoms with Crippen molar-refractivity contribution in [3.63, 3.8) is 0 Å². The minimum atomic E-state index is -1.09. The van der Waals surface area contributed by atoms with Crippen molar-refractivity contribution < 1.29 is 14.3 Å². The van der Waals surface area contributed by atoms with Crippen LogP contribution in [0.4, 0.5) is 5.82 Å². The normalized spacial score (nSPS) is 11.6. The Hall–Kier alpha value is -2.38. The van der Waals surface area contributed by atoms with Gasteiger partial charge >= 0.3 is 5.97 Å². The second-order valence-corrected chi connectivity index (χ2v) is 5.62. The van der Waals surface area contributed by atoms with Crippen molar-refractivity contribution in [2.45, 2.75) is 19.6 Å². The van der Waals surface area contributed by atoms with Gasteiger partial charge in [-0.1, -0.05) is 29.3 Å². The van der Waals surface area contributed by atoms with E-state index in [9.17, 15) is 14.4 Å². The maximum absolute atomic E-state index is 12.0. The molecular weight excluding hydrogens is 357 g/mol. The number of ether oxygens (including phenoxy) is 1. The van der Waals surface area contributed by atoms with E-state index in [2.05, 4.69) is 10.3 Å². The molecule has 0 bridgehead atoms. The molecule has 9 heteroatoms. The zero-order chi connectivity index (χ0) is 17.7. The lowest BCUT2D eigenvalue weighted by Crippen LogP contribution is -2.33. The molecule has 0 aromatic carbocycles. The van der Waals surface area contributed by atoms with Crippen molar-refractivity contribution in [3.05, 3.63) is 57.1 Å². The van der Waals surface area contributed by atoms with Crippen LogP contribution in [0.2, 0.25) is 10.0 Å². The van der Waals surface area contributed by atoms with E-state index >= 15 is 0 Å². The number of esters is 1. The lowest BCUT2D eigenvalue weighted by molar-refractivity contribution is -0.153. The summed E-state index contributed by atoms with van der Waals surface area (Å²) in [6.45, 7) is 1.10. The van der Waals surface area contributed by atoms with Crippen LogP contribution in [0.15, 0.2) is 41.5 Å². The Morgan fingerprint density at radius 1 is 1.38 bits per heavy atom. The summed E-state index contributed by atoms with van der Waals surface area (Å²) in [5.41, 5.74) is -0.344. The zero-order valence-electron chi connectivity index (χ0n) is 12.5. The second kappa shape index (κ2) is 7.94. The molecular formula is C15H13Cl2N3O4. The monoisotopic (exact) mass is 369 g/mol. The number of carbonyl (C=O) groups is 2. The van der Waals surface area contributed by atoms with Crippen LogP contribution >= 0.6 is 23.2 Å². The Kier molecular flexibility index (Phi) is 5.94. The SMILES string of the molecule is C[C@@H](OC(=O)Cn1ccccc1=O)C(=O)Nc1ncc(Cl)cc1Cl. The van der Waals surface area contributed by atoms with E-state index in [0.29, 0.717) is 5.02 Å². The van der Waals surface area contributed by atoms with E-state index in [1.165, 1.54) is 36.0 Å². The number of hydrogen-bond donors (Lipinski definition) is 1. The summed E-state index contributed by atoms with van der Waals surface area (Å²) < 4.78 is 6.17. The molecule has 0 spiro atoms. The van der Waals surface area contributed by atoms with E-state index in [-0.39, 0.29) is 22.9 Å². The molecule has 0 radical (unpaired) electrons. The minimum absolute atomic E-state index is 0.105. The van der Waals surface area contributed by atoms with Crippen molar-refractivity contribution in [1.29, 1.82) is 0 Å². The third-order valence-electron chi connectivity index (χ3n) is 2.93. The van der Waals surface area contributed by atoms with E-state index < -0.39 is 18.0 Å². The van der Waals surface area contributed by atoms with Gasteiger partial charge in [0.2, 0.25) is 0 Å². The summed E-state index contributed by atoms with van der Waals surface area (Å²) >= 11 is 11.6. The Labute approximate surface area is 147 Å². The van der Waals surface area contributed by atoms with Gasteiger partial charge in [-0.25, -0.2) is 4.98 Å². The molecule has 1 N–H and O–H groups in total. The summed E-state index contributed by atoms with van der Waals surface area (Å²) in [7, 11) is 0. The van der Waals surface area contributed by atoms with E-state index in [4.69, 9.17) is 27.9 Å². The molecule has 0 saturated carbocycles. The Balaban J connectivity index is 1.94. The first-order valence-electron chi connectivity index (χ1n) is 6.83. The Morgan fingerprint density at radius 3 is 2.79 bits per heavy atom. The average molecular weight is 370 g/mol. The van der Waals surface area contributed by atoms with Crippen molar-refractivity contribution >= 4 is 40.9 Å². The van der Waals surface area contributed by atoms with Crippen LogP contribution in [0.25, 0.3) is 0 Å². The number of anilines is 1. The van der Waals surface area contributed by atoms with E-state index in [0.717, 1.165) is 0 Å². The predicted molar refractivity (Wildman–Crippen MR) is 89.1 cm³/mol. The summed E-state index contributed by atoms with van der Waals surface area (Å²) in [5, 5.41) is 2.91. The van der Waals surface area contributed by atoms with Gasteiger partial charge in [-0.2, -0.15) is 0 Å². The van der Waals surface area contributed by atoms with Gasteiger partial charge in [0.25, 0.3) is 11.5 Å². The zero-order valence-corrected chi connectivity index (χ0v) is 14.0. The third kappa shape index (κ3) is 4.81. The van der Waals surface area contributed by atoms with E-state index in [1.54, 1.807) is 12.1 Å². The molecule has 7 nitrogen and oxygen atoms in total. The maximum Gasteiger partial charge on any atom is 0.326 e. The van der Waals surface area contributed by atoms with Gasteiger partial charge < -0.3 is 14.6 Å². The predicted octanol–water partition coefficient (Wildman–Crippen LogP) is 2.12. The van der Waals surface area contributed by atoms with Gasteiger partial charge in [0, 0.05) is 18.5 Å². The van der Waals surface area contributed by atoms with Crippen LogP contribution in [0.5, 0.6) is 0 Å². The number of pyridine rings is 2. The smallest absolute Gasteiger partial charge is 0.326 e. The van der Waals surface area contributed by atoms with Crippen molar-refractivity contribution in [2.24, 2.45) is 0 Å². The number of carbonyl (C=O) groups excluding carboxylic acids is 2. The van der Waals surface area contributed by atoms with Crippen molar-refractivity contribution in [3.8, 4) is 0 Å². The van der Waals surface area contributed by atoms with Gasteiger partial charge in [0.1, 0.15) is 6.54 Å². The largest absolute Gasteiger partial charge is 0.451 e. The van der Waals surface area contributed by atoms with Crippen molar-refractivity contribution in [1.82, 2.24) is 9.55 Å². The first-order chi connectivity index (χ1) is 11.4. The van der Waals surface area contributed by atoms with Gasteiger partial charge in [0.05, 0.1) is 10.0 Å². The molecule has 2 rings (SSSR count). The van der Waals surface area contributed by atoms with Crippen LogP contribution in [0, 0.1) is 0 Å². The number of nitrogens with one attached hydrogen (secondary N) is 1. The fourth-order valence-electron chi connectivity index (χ4n) is 1.74. The van der Waals surface area contributed by atoms with Crippen LogP contribution in [-0.4, -0.2) is 27.5 Å². The van der Waals surface area contributed by atoms with Gasteiger partial charge in [-0.15, -0.1) is 0 Å². The highest BCUT2D eigenvalue weighted by Crippen LogP contribution is 2.22. The number of aromatic nitrogens is 2. The summed E-state index contributed by atoms with van der Waals surface area (Å²) in [6.07, 6.45) is 1.68. The molecule has 0 unspecified atom stereocenters.